The summed E-state index contributed by atoms with van der Waals surface area (Å²) in [5.74, 6) is 3.33. The summed E-state index contributed by atoms with van der Waals surface area (Å²) in [6.07, 6.45) is 0. The van der Waals surface area contributed by atoms with Gasteiger partial charge in [0, 0.05) is 35.5 Å². The van der Waals surface area contributed by atoms with Crippen LogP contribution in [0.3, 0.4) is 0 Å². The van der Waals surface area contributed by atoms with Crippen LogP contribution in [0.1, 0.15) is 10.4 Å². The van der Waals surface area contributed by atoms with Crippen molar-refractivity contribution in [2.45, 2.75) is 0 Å². The number of fused-ring (bicyclic) bond motifs is 1. The van der Waals surface area contributed by atoms with E-state index in [0.717, 1.165) is 46.8 Å². The number of amides is 1. The van der Waals surface area contributed by atoms with Gasteiger partial charge in [-0.05, 0) is 30.3 Å². The number of methoxy groups -OCH3 is 2. The van der Waals surface area contributed by atoms with E-state index in [-0.39, 0.29) is 5.91 Å². The summed E-state index contributed by atoms with van der Waals surface area (Å²) in [7, 11) is 3.22. The van der Waals surface area contributed by atoms with Crippen LogP contribution < -0.4 is 9.47 Å². The quantitative estimate of drug-likeness (QED) is 0.667. The Labute approximate surface area is 168 Å². The van der Waals surface area contributed by atoms with Crippen LogP contribution in [0.5, 0.6) is 11.5 Å². The fraction of sp³-hybridized carbons (Fsp3) is 0.273. The molecule has 0 atom stereocenters. The molecule has 1 saturated heterocycles. The van der Waals surface area contributed by atoms with Gasteiger partial charge in [0.1, 0.15) is 0 Å². The molecule has 0 saturated carbocycles. The van der Waals surface area contributed by atoms with Crippen LogP contribution in [0.4, 0.5) is 0 Å². The minimum absolute atomic E-state index is 0.0700. The van der Waals surface area contributed by atoms with Gasteiger partial charge < -0.3 is 14.4 Å². The Morgan fingerprint density at radius 2 is 1.75 bits per heavy atom. The van der Waals surface area contributed by atoms with Gasteiger partial charge in [0.25, 0.3) is 5.91 Å². The summed E-state index contributed by atoms with van der Waals surface area (Å²) in [6, 6.07) is 15.4. The van der Waals surface area contributed by atoms with Gasteiger partial charge in [-0.2, -0.15) is 11.8 Å². The molecule has 2 heterocycles. The van der Waals surface area contributed by atoms with Crippen molar-refractivity contribution >= 4 is 28.6 Å². The van der Waals surface area contributed by atoms with E-state index in [2.05, 4.69) is 0 Å². The van der Waals surface area contributed by atoms with Crippen LogP contribution in [0.15, 0.2) is 48.5 Å². The molecule has 0 aliphatic carbocycles. The Kier molecular flexibility index (Phi) is 5.39. The highest BCUT2D eigenvalue weighted by Gasteiger charge is 2.22. The van der Waals surface area contributed by atoms with E-state index >= 15 is 0 Å². The molecule has 1 aliphatic heterocycles. The van der Waals surface area contributed by atoms with E-state index in [9.17, 15) is 4.79 Å². The average Bonchev–Trinajstić information content (AvgIpc) is 2.77. The minimum Gasteiger partial charge on any atom is -0.493 e. The number of carbonyl (C=O) groups excluding carboxylic acids is 1. The lowest BCUT2D eigenvalue weighted by atomic mass is 10.0. The predicted molar refractivity (Wildman–Crippen MR) is 114 cm³/mol. The Hall–Kier alpha value is -2.73. The first-order valence-electron chi connectivity index (χ1n) is 9.20. The third kappa shape index (κ3) is 3.52. The van der Waals surface area contributed by atoms with Gasteiger partial charge in [0.2, 0.25) is 0 Å². The number of pyridine rings is 1. The van der Waals surface area contributed by atoms with E-state index in [0.29, 0.717) is 17.1 Å². The second-order valence-electron chi connectivity index (χ2n) is 6.55. The van der Waals surface area contributed by atoms with Crippen LogP contribution in [-0.2, 0) is 0 Å². The summed E-state index contributed by atoms with van der Waals surface area (Å²) >= 11 is 1.89. The Morgan fingerprint density at radius 3 is 2.50 bits per heavy atom. The lowest BCUT2D eigenvalue weighted by Gasteiger charge is -2.27. The second-order valence-corrected chi connectivity index (χ2v) is 7.77. The molecule has 1 aliphatic rings. The molecular formula is C22H22N2O3S. The predicted octanol–water partition coefficient (Wildman–Crippen LogP) is 4.11. The first kappa shape index (κ1) is 18.6. The Balaban J connectivity index is 1.83. The van der Waals surface area contributed by atoms with E-state index in [1.807, 2.05) is 65.2 Å². The van der Waals surface area contributed by atoms with Gasteiger partial charge in [0.15, 0.2) is 11.5 Å². The molecule has 0 bridgehead atoms. The molecule has 0 radical (unpaired) electrons. The lowest BCUT2D eigenvalue weighted by Crippen LogP contribution is -2.38. The molecular weight excluding hydrogens is 372 g/mol. The smallest absolute Gasteiger partial charge is 0.254 e. The summed E-state index contributed by atoms with van der Waals surface area (Å²) < 4.78 is 10.8. The highest BCUT2D eigenvalue weighted by molar-refractivity contribution is 7.99. The van der Waals surface area contributed by atoms with Gasteiger partial charge in [-0.15, -0.1) is 0 Å². The van der Waals surface area contributed by atoms with Crippen molar-refractivity contribution in [2.75, 3.05) is 38.8 Å². The van der Waals surface area contributed by atoms with Crippen molar-refractivity contribution in [1.82, 2.24) is 9.88 Å². The Morgan fingerprint density at radius 1 is 1.00 bits per heavy atom. The molecule has 1 amide bonds. The van der Waals surface area contributed by atoms with Crippen LogP contribution >= 0.6 is 11.8 Å². The fourth-order valence-electron chi connectivity index (χ4n) is 3.43. The summed E-state index contributed by atoms with van der Waals surface area (Å²) in [6.45, 7) is 1.57. The third-order valence-electron chi connectivity index (χ3n) is 4.92. The van der Waals surface area contributed by atoms with Crippen LogP contribution in [0, 0.1) is 0 Å². The topological polar surface area (TPSA) is 51.7 Å². The minimum atomic E-state index is 0.0700. The number of para-hydroxylation sites is 1. The van der Waals surface area contributed by atoms with Gasteiger partial charge in [-0.25, -0.2) is 4.98 Å². The highest BCUT2D eigenvalue weighted by atomic mass is 32.2. The molecule has 3 aromatic rings. The van der Waals surface area contributed by atoms with Crippen molar-refractivity contribution in [2.24, 2.45) is 0 Å². The standard InChI is InChI=1S/C22H22N2O3S/c1-26-20-8-7-15(13-21(20)27-2)19-14-17(16-5-3-4-6-18(16)23-19)22(25)24-9-11-28-12-10-24/h3-8,13-14H,9-12H2,1-2H3. The zero-order valence-electron chi connectivity index (χ0n) is 16.0. The number of benzene rings is 2. The number of rotatable bonds is 4. The second kappa shape index (κ2) is 8.10. The molecule has 4 rings (SSSR count). The van der Waals surface area contributed by atoms with Gasteiger partial charge >= 0.3 is 0 Å². The first-order valence-corrected chi connectivity index (χ1v) is 10.4. The van der Waals surface area contributed by atoms with Crippen molar-refractivity contribution in [3.05, 3.63) is 54.1 Å². The van der Waals surface area contributed by atoms with Crippen molar-refractivity contribution in [1.29, 1.82) is 0 Å². The molecule has 0 spiro atoms. The summed E-state index contributed by atoms with van der Waals surface area (Å²) in [5, 5.41) is 0.884. The van der Waals surface area contributed by atoms with Crippen molar-refractivity contribution in [3.8, 4) is 22.8 Å². The summed E-state index contributed by atoms with van der Waals surface area (Å²) in [4.78, 5) is 20.0. The first-order chi connectivity index (χ1) is 13.7. The van der Waals surface area contributed by atoms with Gasteiger partial charge in [-0.3, -0.25) is 4.79 Å². The maximum Gasteiger partial charge on any atom is 0.254 e. The van der Waals surface area contributed by atoms with Crippen molar-refractivity contribution < 1.29 is 14.3 Å². The molecule has 144 valence electrons. The van der Waals surface area contributed by atoms with Crippen LogP contribution in [-0.4, -0.2) is 54.6 Å². The highest BCUT2D eigenvalue weighted by Crippen LogP contribution is 2.33. The number of carbonyl (C=O) groups is 1. The lowest BCUT2D eigenvalue weighted by molar-refractivity contribution is 0.0774. The number of aromatic nitrogens is 1. The van der Waals surface area contributed by atoms with E-state index in [1.165, 1.54) is 0 Å². The van der Waals surface area contributed by atoms with Gasteiger partial charge in [0.05, 0.1) is 31.0 Å². The Bertz CT molecular complexity index is 1020. The van der Waals surface area contributed by atoms with E-state index in [1.54, 1.807) is 14.2 Å². The van der Waals surface area contributed by atoms with E-state index in [4.69, 9.17) is 14.5 Å². The zero-order valence-corrected chi connectivity index (χ0v) is 16.8. The van der Waals surface area contributed by atoms with Crippen LogP contribution in [0.2, 0.25) is 0 Å². The molecule has 1 aromatic heterocycles. The zero-order chi connectivity index (χ0) is 19.5. The maximum atomic E-state index is 13.3. The number of nitrogens with zero attached hydrogens (tertiary/aromatic N) is 2. The largest absolute Gasteiger partial charge is 0.493 e. The SMILES string of the molecule is COc1ccc(-c2cc(C(=O)N3CCSCC3)c3ccccc3n2)cc1OC. The molecule has 0 N–H and O–H groups in total. The summed E-state index contributed by atoms with van der Waals surface area (Å²) in [5.41, 5.74) is 3.13. The monoisotopic (exact) mass is 394 g/mol. The number of hydrogen-bond donors (Lipinski definition) is 0. The average molecular weight is 394 g/mol. The van der Waals surface area contributed by atoms with E-state index < -0.39 is 0 Å². The molecule has 2 aromatic carbocycles. The van der Waals surface area contributed by atoms with Crippen molar-refractivity contribution in [3.63, 3.8) is 0 Å². The van der Waals surface area contributed by atoms with Gasteiger partial charge in [-0.1, -0.05) is 18.2 Å². The molecule has 1 fully saturated rings. The molecule has 28 heavy (non-hydrogen) atoms. The number of hydrogen-bond acceptors (Lipinski definition) is 5. The van der Waals surface area contributed by atoms with Crippen LogP contribution in [0.25, 0.3) is 22.2 Å². The normalized spacial score (nSPS) is 14.1. The number of ether oxygens (including phenoxy) is 2. The fourth-order valence-corrected chi connectivity index (χ4v) is 4.34. The molecule has 5 nitrogen and oxygen atoms in total. The third-order valence-corrected chi connectivity index (χ3v) is 5.87. The molecule has 0 unspecified atom stereocenters. The number of thioether (sulfide) groups is 1. The maximum absolute atomic E-state index is 13.3. The molecule has 6 heteroatoms.